The Hall–Kier alpha value is -3.06. The molecule has 1 N–H and O–H groups in total. The Morgan fingerprint density at radius 2 is 2.00 bits per heavy atom. The summed E-state index contributed by atoms with van der Waals surface area (Å²) in [5.74, 6) is 0.503. The fourth-order valence-electron chi connectivity index (χ4n) is 3.91. The van der Waals surface area contributed by atoms with Gasteiger partial charge in [0.1, 0.15) is 0 Å². The van der Waals surface area contributed by atoms with Crippen molar-refractivity contribution >= 4 is 34.3 Å². The summed E-state index contributed by atoms with van der Waals surface area (Å²) in [6.45, 7) is 3.97. The van der Waals surface area contributed by atoms with Crippen molar-refractivity contribution in [2.75, 3.05) is 4.90 Å². The Kier molecular flexibility index (Phi) is 4.39. The monoisotopic (exact) mass is 404 g/mol. The summed E-state index contributed by atoms with van der Waals surface area (Å²) in [5.41, 5.74) is 4.09. The number of hydrogen-bond acceptors (Lipinski definition) is 5. The van der Waals surface area contributed by atoms with Gasteiger partial charge in [-0.15, -0.1) is 10.2 Å². The molecule has 0 saturated heterocycles. The molecule has 1 aliphatic heterocycles. The SMILES string of the molecule is C[C@H](Sc1nnc(-c2c[nH]c3ccccc23)o1)C(=O)N1c2ccccc2C[C@H]1C. The van der Waals surface area contributed by atoms with Gasteiger partial charge in [-0.1, -0.05) is 48.2 Å². The third-order valence-electron chi connectivity index (χ3n) is 5.30. The average Bonchev–Trinajstić information content (AvgIpc) is 3.43. The van der Waals surface area contributed by atoms with E-state index in [0.29, 0.717) is 11.1 Å². The minimum absolute atomic E-state index is 0.0549. The molecule has 7 heteroatoms. The van der Waals surface area contributed by atoms with Crippen LogP contribution in [-0.2, 0) is 11.2 Å². The molecule has 2 aromatic heterocycles. The number of carbonyl (C=O) groups is 1. The van der Waals surface area contributed by atoms with Gasteiger partial charge in [0, 0.05) is 28.8 Å². The molecule has 0 radical (unpaired) electrons. The molecule has 1 amide bonds. The summed E-state index contributed by atoms with van der Waals surface area (Å²) in [7, 11) is 0. The number of anilines is 1. The third-order valence-corrected chi connectivity index (χ3v) is 6.22. The van der Waals surface area contributed by atoms with Gasteiger partial charge in [0.05, 0.1) is 10.8 Å². The van der Waals surface area contributed by atoms with E-state index in [1.54, 1.807) is 0 Å². The standard InChI is InChI=1S/C22H20N4O2S/c1-13-11-15-7-3-6-10-19(15)26(13)21(27)14(2)29-22-25-24-20(28-22)17-12-23-18-9-5-4-8-16(17)18/h3-10,12-14,23H,11H2,1-2H3/t13-,14+/m1/s1. The van der Waals surface area contributed by atoms with Crippen LogP contribution in [-0.4, -0.2) is 32.4 Å². The largest absolute Gasteiger partial charge is 0.411 e. The van der Waals surface area contributed by atoms with Crippen LogP contribution in [0.15, 0.2) is 64.4 Å². The minimum Gasteiger partial charge on any atom is -0.411 e. The molecule has 6 nitrogen and oxygen atoms in total. The molecule has 0 aliphatic carbocycles. The van der Waals surface area contributed by atoms with Gasteiger partial charge in [-0.25, -0.2) is 0 Å². The number of aromatic amines is 1. The molecule has 0 spiro atoms. The summed E-state index contributed by atoms with van der Waals surface area (Å²) in [5, 5.41) is 9.43. The van der Waals surface area contributed by atoms with Crippen LogP contribution in [0.4, 0.5) is 5.69 Å². The van der Waals surface area contributed by atoms with Crippen molar-refractivity contribution in [1.82, 2.24) is 15.2 Å². The molecule has 0 fully saturated rings. The summed E-state index contributed by atoms with van der Waals surface area (Å²) in [6.07, 6.45) is 2.74. The number of hydrogen-bond donors (Lipinski definition) is 1. The van der Waals surface area contributed by atoms with Gasteiger partial charge in [-0.05, 0) is 38.0 Å². The molecule has 2 atom stereocenters. The van der Waals surface area contributed by atoms with Crippen molar-refractivity contribution in [2.45, 2.75) is 36.8 Å². The molecule has 0 bridgehead atoms. The van der Waals surface area contributed by atoms with Gasteiger partial charge in [0.2, 0.25) is 5.91 Å². The summed E-state index contributed by atoms with van der Waals surface area (Å²) in [4.78, 5) is 18.2. The second-order valence-corrected chi connectivity index (χ2v) is 8.56. The van der Waals surface area contributed by atoms with Crippen molar-refractivity contribution in [2.24, 2.45) is 0 Å². The number of nitrogens with zero attached hydrogens (tertiary/aromatic N) is 3. The van der Waals surface area contributed by atoms with E-state index < -0.39 is 0 Å². The molecule has 2 aromatic carbocycles. The lowest BCUT2D eigenvalue weighted by molar-refractivity contribution is -0.118. The fourth-order valence-corrected chi connectivity index (χ4v) is 4.65. The van der Waals surface area contributed by atoms with Crippen LogP contribution in [0.1, 0.15) is 19.4 Å². The fraction of sp³-hybridized carbons (Fsp3) is 0.227. The molecular formula is C22H20N4O2S. The predicted molar refractivity (Wildman–Crippen MR) is 114 cm³/mol. The van der Waals surface area contributed by atoms with E-state index in [4.69, 9.17) is 4.42 Å². The Morgan fingerprint density at radius 1 is 1.21 bits per heavy atom. The number of thioether (sulfide) groups is 1. The van der Waals surface area contributed by atoms with E-state index in [9.17, 15) is 4.79 Å². The maximum Gasteiger partial charge on any atom is 0.277 e. The van der Waals surface area contributed by atoms with Crippen LogP contribution < -0.4 is 4.90 Å². The number of benzene rings is 2. The second-order valence-electron chi connectivity index (χ2n) is 7.27. The van der Waals surface area contributed by atoms with Crippen molar-refractivity contribution in [3.8, 4) is 11.5 Å². The number of carbonyl (C=O) groups excluding carboxylic acids is 1. The van der Waals surface area contributed by atoms with Crippen LogP contribution in [0.25, 0.3) is 22.4 Å². The van der Waals surface area contributed by atoms with Crippen molar-refractivity contribution in [3.63, 3.8) is 0 Å². The first-order valence-corrected chi connectivity index (χ1v) is 10.5. The number of amides is 1. The van der Waals surface area contributed by atoms with Crippen LogP contribution >= 0.6 is 11.8 Å². The normalized spacial score (nSPS) is 16.9. The smallest absolute Gasteiger partial charge is 0.277 e. The van der Waals surface area contributed by atoms with Gasteiger partial charge in [-0.3, -0.25) is 4.79 Å². The number of nitrogens with one attached hydrogen (secondary N) is 1. The van der Waals surface area contributed by atoms with E-state index in [1.165, 1.54) is 17.3 Å². The summed E-state index contributed by atoms with van der Waals surface area (Å²) in [6, 6.07) is 16.2. The molecular weight excluding hydrogens is 384 g/mol. The van der Waals surface area contributed by atoms with Gasteiger partial charge in [0.15, 0.2) is 0 Å². The summed E-state index contributed by atoms with van der Waals surface area (Å²) < 4.78 is 5.87. The first-order valence-electron chi connectivity index (χ1n) is 9.59. The van der Waals surface area contributed by atoms with E-state index in [1.807, 2.05) is 60.5 Å². The highest BCUT2D eigenvalue weighted by Gasteiger charge is 2.34. The van der Waals surface area contributed by atoms with E-state index >= 15 is 0 Å². The lowest BCUT2D eigenvalue weighted by Gasteiger charge is -2.25. The average molecular weight is 404 g/mol. The van der Waals surface area contributed by atoms with Crippen molar-refractivity contribution < 1.29 is 9.21 Å². The zero-order valence-electron chi connectivity index (χ0n) is 16.1. The third kappa shape index (κ3) is 3.11. The maximum absolute atomic E-state index is 13.1. The number of fused-ring (bicyclic) bond motifs is 2. The van der Waals surface area contributed by atoms with Crippen LogP contribution in [0.5, 0.6) is 0 Å². The van der Waals surface area contributed by atoms with Crippen molar-refractivity contribution in [1.29, 1.82) is 0 Å². The second kappa shape index (κ2) is 7.08. The molecule has 5 rings (SSSR count). The quantitative estimate of drug-likeness (QED) is 0.500. The number of rotatable bonds is 4. The Labute approximate surface area is 172 Å². The first kappa shape index (κ1) is 18.0. The number of aromatic nitrogens is 3. The Balaban J connectivity index is 1.35. The van der Waals surface area contributed by atoms with Gasteiger partial charge >= 0.3 is 0 Å². The lowest BCUT2D eigenvalue weighted by atomic mass is 10.1. The number of H-pyrrole nitrogens is 1. The molecule has 3 heterocycles. The summed E-state index contributed by atoms with van der Waals surface area (Å²) >= 11 is 1.30. The van der Waals surface area contributed by atoms with Gasteiger partial charge in [-0.2, -0.15) is 0 Å². The molecule has 146 valence electrons. The topological polar surface area (TPSA) is 75.0 Å². The maximum atomic E-state index is 13.1. The van der Waals surface area contributed by atoms with Crippen LogP contribution in [0, 0.1) is 0 Å². The minimum atomic E-state index is -0.333. The van der Waals surface area contributed by atoms with E-state index in [-0.39, 0.29) is 17.2 Å². The van der Waals surface area contributed by atoms with Crippen molar-refractivity contribution in [3.05, 3.63) is 60.3 Å². The molecule has 29 heavy (non-hydrogen) atoms. The highest BCUT2D eigenvalue weighted by Crippen LogP contribution is 2.35. The predicted octanol–water partition coefficient (Wildman–Crippen LogP) is 4.68. The molecule has 1 aliphatic rings. The zero-order valence-corrected chi connectivity index (χ0v) is 16.9. The highest BCUT2D eigenvalue weighted by atomic mass is 32.2. The van der Waals surface area contributed by atoms with Crippen LogP contribution in [0.2, 0.25) is 0 Å². The lowest BCUT2D eigenvalue weighted by Crippen LogP contribution is -2.40. The molecule has 0 unspecified atom stereocenters. The van der Waals surface area contributed by atoms with Gasteiger partial charge in [0.25, 0.3) is 11.1 Å². The molecule has 0 saturated carbocycles. The molecule has 4 aromatic rings. The first-order chi connectivity index (χ1) is 14.1. The van der Waals surface area contributed by atoms with E-state index in [0.717, 1.165) is 28.6 Å². The Bertz CT molecular complexity index is 1200. The van der Waals surface area contributed by atoms with E-state index in [2.05, 4.69) is 28.2 Å². The van der Waals surface area contributed by atoms with Crippen LogP contribution in [0.3, 0.4) is 0 Å². The van der Waals surface area contributed by atoms with Gasteiger partial charge < -0.3 is 14.3 Å². The zero-order chi connectivity index (χ0) is 20.0. The Morgan fingerprint density at radius 3 is 2.90 bits per heavy atom. The highest BCUT2D eigenvalue weighted by molar-refractivity contribution is 8.00. The number of para-hydroxylation sites is 2.